The van der Waals surface area contributed by atoms with Crippen molar-refractivity contribution in [2.24, 2.45) is 20.9 Å². The first-order valence-electron chi connectivity index (χ1n) is 12.1. The van der Waals surface area contributed by atoms with Gasteiger partial charge in [-0.3, -0.25) is 15.3 Å². The lowest BCUT2D eigenvalue weighted by Gasteiger charge is -2.33. The van der Waals surface area contributed by atoms with Crippen LogP contribution in [0.1, 0.15) is 39.5 Å². The number of ether oxygens (including phenoxy) is 1. The van der Waals surface area contributed by atoms with E-state index in [0.29, 0.717) is 18.0 Å². The highest BCUT2D eigenvalue weighted by Crippen LogP contribution is 2.22. The van der Waals surface area contributed by atoms with Crippen LogP contribution in [0.4, 0.5) is 0 Å². The van der Waals surface area contributed by atoms with E-state index in [1.54, 1.807) is 13.3 Å². The van der Waals surface area contributed by atoms with E-state index in [0.717, 1.165) is 31.9 Å². The van der Waals surface area contributed by atoms with E-state index in [9.17, 15) is 8.42 Å². The standard InChI is InChI=1S/C24H39ClN8O3S/c1-16(14-28-23(26-4)31-19-8-10-20(11-9-19)33(5)6)17(2)29-24(30-18(3)36-7)32-37(34,35)22-15-27-13-12-21(22)25/h12-17,19-20H,3,8-11H2,1-2,4-7H3,(H,26,31)(H2,29,30,32)/t16-,17?,19?,20?/m0/s1. The van der Waals surface area contributed by atoms with Crippen molar-refractivity contribution in [1.82, 2.24) is 25.2 Å². The second-order valence-electron chi connectivity index (χ2n) is 9.18. The Morgan fingerprint density at radius 2 is 1.97 bits per heavy atom. The SMILES string of the molecule is C=C(NC(=NC(C)[C@@H](C)C=NC(=NC)NC1CCC(N(C)C)CC1)NS(=O)(=O)c1cnccc1Cl)OC. The summed E-state index contributed by atoms with van der Waals surface area (Å²) in [6.07, 6.45) is 8.72. The van der Waals surface area contributed by atoms with Gasteiger partial charge in [-0.1, -0.05) is 18.5 Å². The summed E-state index contributed by atoms with van der Waals surface area (Å²) < 4.78 is 33.3. The number of pyridine rings is 1. The Labute approximate surface area is 225 Å². The summed E-state index contributed by atoms with van der Waals surface area (Å²) in [6, 6.07) is 1.98. The number of hydrogen-bond donors (Lipinski definition) is 3. The van der Waals surface area contributed by atoms with E-state index in [2.05, 4.69) is 60.9 Å². The molecule has 1 heterocycles. The van der Waals surface area contributed by atoms with Gasteiger partial charge in [0, 0.05) is 43.7 Å². The number of sulfonamides is 1. The van der Waals surface area contributed by atoms with Crippen molar-refractivity contribution in [3.8, 4) is 0 Å². The number of rotatable bonds is 9. The molecule has 11 nitrogen and oxygen atoms in total. The maximum atomic E-state index is 12.9. The van der Waals surface area contributed by atoms with Gasteiger partial charge in [0.05, 0.1) is 18.2 Å². The van der Waals surface area contributed by atoms with Crippen molar-refractivity contribution in [2.75, 3.05) is 28.3 Å². The predicted molar refractivity (Wildman–Crippen MR) is 150 cm³/mol. The first-order chi connectivity index (χ1) is 17.5. The number of nitrogens with one attached hydrogen (secondary N) is 3. The van der Waals surface area contributed by atoms with Gasteiger partial charge in [-0.25, -0.2) is 23.1 Å². The summed E-state index contributed by atoms with van der Waals surface area (Å²) in [6.45, 7) is 7.46. The summed E-state index contributed by atoms with van der Waals surface area (Å²) in [4.78, 5) is 19.3. The molecule has 0 radical (unpaired) electrons. The normalized spacial score (nSPS) is 21.0. The molecule has 1 unspecified atom stereocenters. The lowest BCUT2D eigenvalue weighted by atomic mass is 9.90. The Hall–Kier alpha value is -2.70. The topological polar surface area (TPSA) is 133 Å². The molecular weight excluding hydrogens is 516 g/mol. The van der Waals surface area contributed by atoms with Crippen molar-refractivity contribution in [3.63, 3.8) is 0 Å². The number of aliphatic imine (C=N–C) groups is 3. The maximum Gasteiger partial charge on any atom is 0.267 e. The monoisotopic (exact) mass is 554 g/mol. The number of methoxy groups -OCH3 is 1. The number of hydrogen-bond acceptors (Lipinski definition) is 7. The van der Waals surface area contributed by atoms with Gasteiger partial charge in [0.25, 0.3) is 10.0 Å². The molecule has 1 aliphatic carbocycles. The molecule has 0 aromatic carbocycles. The summed E-state index contributed by atoms with van der Waals surface area (Å²) in [5.41, 5.74) is 0. The van der Waals surface area contributed by atoms with E-state index < -0.39 is 10.0 Å². The summed E-state index contributed by atoms with van der Waals surface area (Å²) in [7, 11) is 3.28. The maximum absolute atomic E-state index is 12.9. The molecular formula is C24H39ClN8O3S. The van der Waals surface area contributed by atoms with Gasteiger partial charge in [0.2, 0.25) is 11.9 Å². The molecule has 1 aromatic heterocycles. The third kappa shape index (κ3) is 9.60. The first kappa shape index (κ1) is 30.5. The van der Waals surface area contributed by atoms with Crippen molar-refractivity contribution in [1.29, 1.82) is 0 Å². The van der Waals surface area contributed by atoms with Gasteiger partial charge < -0.3 is 15.0 Å². The Balaban J connectivity index is 2.10. The third-order valence-electron chi connectivity index (χ3n) is 6.26. The first-order valence-corrected chi connectivity index (χ1v) is 14.0. The Morgan fingerprint density at radius 1 is 1.30 bits per heavy atom. The number of halogens is 1. The predicted octanol–water partition coefficient (Wildman–Crippen LogP) is 2.62. The molecule has 1 saturated carbocycles. The Morgan fingerprint density at radius 3 is 2.54 bits per heavy atom. The average Bonchev–Trinajstić information content (AvgIpc) is 2.86. The zero-order valence-corrected chi connectivity index (χ0v) is 24.0. The lowest BCUT2D eigenvalue weighted by Crippen LogP contribution is -2.42. The van der Waals surface area contributed by atoms with Crippen molar-refractivity contribution in [3.05, 3.63) is 35.9 Å². The van der Waals surface area contributed by atoms with E-state index in [-0.39, 0.29) is 33.7 Å². The van der Waals surface area contributed by atoms with Crippen molar-refractivity contribution < 1.29 is 13.2 Å². The van der Waals surface area contributed by atoms with Gasteiger partial charge in [-0.2, -0.15) is 0 Å². The zero-order chi connectivity index (χ0) is 27.6. The largest absolute Gasteiger partial charge is 0.483 e. The zero-order valence-electron chi connectivity index (χ0n) is 22.4. The van der Waals surface area contributed by atoms with E-state index in [1.165, 1.54) is 19.4 Å². The molecule has 206 valence electrons. The fraction of sp³-hybridized carbons (Fsp3) is 0.583. The van der Waals surface area contributed by atoms with Crippen LogP contribution >= 0.6 is 11.6 Å². The van der Waals surface area contributed by atoms with Gasteiger partial charge >= 0.3 is 0 Å². The fourth-order valence-corrected chi connectivity index (χ4v) is 5.13. The average molecular weight is 555 g/mol. The molecule has 1 fully saturated rings. The van der Waals surface area contributed by atoms with Gasteiger partial charge in [0.1, 0.15) is 4.90 Å². The second kappa shape index (κ2) is 14.3. The molecule has 0 saturated heterocycles. The van der Waals surface area contributed by atoms with E-state index >= 15 is 0 Å². The highest BCUT2D eigenvalue weighted by Gasteiger charge is 2.24. The summed E-state index contributed by atoms with van der Waals surface area (Å²) in [5.74, 6) is 0.456. The Bertz CT molecular complexity index is 1100. The molecule has 13 heteroatoms. The van der Waals surface area contributed by atoms with Gasteiger partial charge in [-0.05, 0) is 59.3 Å². The molecule has 0 spiro atoms. The van der Waals surface area contributed by atoms with Crippen LogP contribution in [0.5, 0.6) is 0 Å². The molecule has 3 N–H and O–H groups in total. The molecule has 37 heavy (non-hydrogen) atoms. The number of aromatic nitrogens is 1. The summed E-state index contributed by atoms with van der Waals surface area (Å²) >= 11 is 6.06. The van der Waals surface area contributed by atoms with Crippen LogP contribution in [0.2, 0.25) is 5.02 Å². The molecule has 0 amide bonds. The van der Waals surface area contributed by atoms with Crippen molar-refractivity contribution >= 4 is 39.8 Å². The third-order valence-corrected chi connectivity index (χ3v) is 8.06. The Kier molecular flexibility index (Phi) is 11.8. The molecule has 1 aromatic rings. The molecule has 0 bridgehead atoms. The minimum absolute atomic E-state index is 0.0371. The van der Waals surface area contributed by atoms with Crippen LogP contribution < -0.4 is 15.4 Å². The van der Waals surface area contributed by atoms with Crippen LogP contribution in [-0.4, -0.2) is 82.8 Å². The van der Waals surface area contributed by atoms with Crippen LogP contribution in [0.25, 0.3) is 0 Å². The van der Waals surface area contributed by atoms with E-state index in [1.807, 2.05) is 13.8 Å². The minimum atomic E-state index is -4.07. The smallest absolute Gasteiger partial charge is 0.267 e. The molecule has 0 aliphatic heterocycles. The van der Waals surface area contributed by atoms with Gasteiger partial charge in [0.15, 0.2) is 5.88 Å². The molecule has 2 rings (SSSR count). The molecule has 1 aliphatic rings. The highest BCUT2D eigenvalue weighted by molar-refractivity contribution is 7.90. The fourth-order valence-electron chi connectivity index (χ4n) is 3.72. The minimum Gasteiger partial charge on any atom is -0.483 e. The quantitative estimate of drug-likeness (QED) is 0.243. The van der Waals surface area contributed by atoms with Crippen LogP contribution in [0.3, 0.4) is 0 Å². The van der Waals surface area contributed by atoms with Crippen LogP contribution in [0, 0.1) is 5.92 Å². The summed E-state index contributed by atoms with van der Waals surface area (Å²) in [5, 5.41) is 6.21. The number of nitrogens with zero attached hydrogens (tertiary/aromatic N) is 5. The van der Waals surface area contributed by atoms with Gasteiger partial charge in [-0.15, -0.1) is 0 Å². The van der Waals surface area contributed by atoms with Crippen LogP contribution in [0.15, 0.2) is 50.8 Å². The van der Waals surface area contributed by atoms with Crippen LogP contribution in [-0.2, 0) is 14.8 Å². The lowest BCUT2D eigenvalue weighted by molar-refractivity contribution is 0.211. The number of guanidine groups is 2. The molecule has 2 atom stereocenters. The second-order valence-corrected chi connectivity index (χ2v) is 11.2. The van der Waals surface area contributed by atoms with Crippen molar-refractivity contribution in [2.45, 2.75) is 62.6 Å². The highest BCUT2D eigenvalue weighted by atomic mass is 35.5. The van der Waals surface area contributed by atoms with E-state index in [4.69, 9.17) is 16.3 Å².